The maximum Gasteiger partial charge on any atom is 0.307 e. The Bertz CT molecular complexity index is 328. The number of hydrogen-bond donors (Lipinski definition) is 1. The Kier molecular flexibility index (Phi) is 3.36. The molecule has 0 aliphatic heterocycles. The van der Waals surface area contributed by atoms with Crippen LogP contribution in [-0.4, -0.2) is 21.0 Å². The molecule has 0 spiro atoms. The summed E-state index contributed by atoms with van der Waals surface area (Å²) in [6.45, 7) is 1.94. The first-order valence-electron chi connectivity index (χ1n) is 3.85. The lowest BCUT2D eigenvalue weighted by molar-refractivity contribution is -0.136. The summed E-state index contributed by atoms with van der Waals surface area (Å²) < 4.78 is 0.571. The van der Waals surface area contributed by atoms with E-state index in [1.54, 1.807) is 6.20 Å². The molecule has 13 heavy (non-hydrogen) atoms. The highest BCUT2D eigenvalue weighted by Gasteiger charge is 2.07. The van der Waals surface area contributed by atoms with E-state index in [9.17, 15) is 4.79 Å². The van der Waals surface area contributed by atoms with Gasteiger partial charge in [0.15, 0.2) is 0 Å². The van der Waals surface area contributed by atoms with Gasteiger partial charge in [-0.15, -0.1) is 0 Å². The van der Waals surface area contributed by atoms with Gasteiger partial charge in [0.25, 0.3) is 0 Å². The highest BCUT2D eigenvalue weighted by Crippen LogP contribution is 2.13. The molecule has 0 fully saturated rings. The molecule has 0 amide bonds. The SMILES string of the molecule is CCc1ncc(CC(=O)O)c(Br)n1. The smallest absolute Gasteiger partial charge is 0.307 e. The van der Waals surface area contributed by atoms with Crippen molar-refractivity contribution in [3.05, 3.63) is 22.2 Å². The first-order chi connectivity index (χ1) is 6.13. The van der Waals surface area contributed by atoms with Gasteiger partial charge in [-0.3, -0.25) is 4.79 Å². The molecule has 1 N–H and O–H groups in total. The molecule has 0 bridgehead atoms. The van der Waals surface area contributed by atoms with E-state index in [1.807, 2.05) is 6.92 Å². The van der Waals surface area contributed by atoms with Crippen molar-refractivity contribution in [3.8, 4) is 0 Å². The molecule has 0 saturated carbocycles. The van der Waals surface area contributed by atoms with Crippen LogP contribution in [0.25, 0.3) is 0 Å². The van der Waals surface area contributed by atoms with Crippen LogP contribution < -0.4 is 0 Å². The summed E-state index contributed by atoms with van der Waals surface area (Å²) in [5.41, 5.74) is 0.602. The highest BCUT2D eigenvalue weighted by molar-refractivity contribution is 9.10. The topological polar surface area (TPSA) is 63.1 Å². The normalized spacial score (nSPS) is 10.0. The summed E-state index contributed by atoms with van der Waals surface area (Å²) in [5, 5.41) is 8.54. The van der Waals surface area contributed by atoms with E-state index in [0.717, 1.165) is 6.42 Å². The Morgan fingerprint density at radius 2 is 2.38 bits per heavy atom. The average Bonchev–Trinajstić information content (AvgIpc) is 2.08. The van der Waals surface area contributed by atoms with Crippen LogP contribution in [0.15, 0.2) is 10.8 Å². The van der Waals surface area contributed by atoms with Crippen LogP contribution in [-0.2, 0) is 17.6 Å². The van der Waals surface area contributed by atoms with Crippen molar-refractivity contribution >= 4 is 21.9 Å². The minimum atomic E-state index is -0.881. The van der Waals surface area contributed by atoms with E-state index in [1.165, 1.54) is 0 Å². The quantitative estimate of drug-likeness (QED) is 0.818. The van der Waals surface area contributed by atoms with E-state index in [4.69, 9.17) is 5.11 Å². The zero-order chi connectivity index (χ0) is 9.84. The second kappa shape index (κ2) is 4.32. The Balaban J connectivity index is 2.91. The molecule has 4 nitrogen and oxygen atoms in total. The largest absolute Gasteiger partial charge is 0.481 e. The maximum atomic E-state index is 10.4. The molecule has 1 aromatic heterocycles. The fourth-order valence-corrected chi connectivity index (χ4v) is 1.32. The Morgan fingerprint density at radius 3 is 2.85 bits per heavy atom. The van der Waals surface area contributed by atoms with Crippen LogP contribution in [0.2, 0.25) is 0 Å². The van der Waals surface area contributed by atoms with E-state index >= 15 is 0 Å². The van der Waals surface area contributed by atoms with Crippen molar-refractivity contribution in [3.63, 3.8) is 0 Å². The third kappa shape index (κ3) is 2.77. The number of hydrogen-bond acceptors (Lipinski definition) is 3. The van der Waals surface area contributed by atoms with Crippen LogP contribution in [0.4, 0.5) is 0 Å². The van der Waals surface area contributed by atoms with Gasteiger partial charge in [-0.1, -0.05) is 6.92 Å². The van der Waals surface area contributed by atoms with Gasteiger partial charge in [-0.25, -0.2) is 9.97 Å². The Morgan fingerprint density at radius 1 is 1.69 bits per heavy atom. The van der Waals surface area contributed by atoms with Gasteiger partial charge < -0.3 is 5.11 Å². The van der Waals surface area contributed by atoms with Gasteiger partial charge in [0.1, 0.15) is 10.4 Å². The monoisotopic (exact) mass is 244 g/mol. The summed E-state index contributed by atoms with van der Waals surface area (Å²) >= 11 is 3.20. The number of aryl methyl sites for hydroxylation is 1. The van der Waals surface area contributed by atoms with Gasteiger partial charge >= 0.3 is 5.97 Å². The molecule has 0 unspecified atom stereocenters. The molecule has 5 heteroatoms. The number of carboxylic acids is 1. The van der Waals surface area contributed by atoms with E-state index in [2.05, 4.69) is 25.9 Å². The number of nitrogens with zero attached hydrogens (tertiary/aromatic N) is 2. The number of rotatable bonds is 3. The van der Waals surface area contributed by atoms with Crippen LogP contribution in [0.5, 0.6) is 0 Å². The maximum absolute atomic E-state index is 10.4. The lowest BCUT2D eigenvalue weighted by Gasteiger charge is -2.01. The second-order valence-electron chi connectivity index (χ2n) is 2.53. The minimum absolute atomic E-state index is 0.0510. The zero-order valence-corrected chi connectivity index (χ0v) is 8.71. The number of aromatic nitrogens is 2. The Labute approximate surface area is 84.2 Å². The number of carbonyl (C=O) groups is 1. The van der Waals surface area contributed by atoms with E-state index in [0.29, 0.717) is 16.0 Å². The fourth-order valence-electron chi connectivity index (χ4n) is 0.872. The van der Waals surface area contributed by atoms with Crippen LogP contribution in [0.3, 0.4) is 0 Å². The third-order valence-corrected chi connectivity index (χ3v) is 2.21. The summed E-state index contributed by atoms with van der Waals surface area (Å²) in [6, 6.07) is 0. The van der Waals surface area contributed by atoms with Crippen molar-refractivity contribution in [2.75, 3.05) is 0 Å². The molecule has 0 radical (unpaired) electrons. The molecule has 0 saturated heterocycles. The summed E-state index contributed by atoms with van der Waals surface area (Å²) in [6.07, 6.45) is 2.24. The molecule has 1 aromatic rings. The molecule has 0 aliphatic rings. The van der Waals surface area contributed by atoms with Gasteiger partial charge in [-0.05, 0) is 15.9 Å². The van der Waals surface area contributed by atoms with Crippen molar-refractivity contribution in [1.29, 1.82) is 0 Å². The fraction of sp³-hybridized carbons (Fsp3) is 0.375. The highest BCUT2D eigenvalue weighted by atomic mass is 79.9. The van der Waals surface area contributed by atoms with Crippen molar-refractivity contribution < 1.29 is 9.90 Å². The van der Waals surface area contributed by atoms with E-state index < -0.39 is 5.97 Å². The summed E-state index contributed by atoms with van der Waals surface area (Å²) in [4.78, 5) is 18.5. The van der Waals surface area contributed by atoms with Crippen molar-refractivity contribution in [1.82, 2.24) is 9.97 Å². The standard InChI is InChI=1S/C8H9BrN2O2/c1-2-6-10-4-5(3-7(12)13)8(9)11-6/h4H,2-3H2,1H3,(H,12,13). The zero-order valence-electron chi connectivity index (χ0n) is 7.12. The van der Waals surface area contributed by atoms with Gasteiger partial charge in [-0.2, -0.15) is 0 Å². The minimum Gasteiger partial charge on any atom is -0.481 e. The first kappa shape index (κ1) is 10.1. The van der Waals surface area contributed by atoms with Crippen LogP contribution in [0, 0.1) is 0 Å². The summed E-state index contributed by atoms with van der Waals surface area (Å²) in [5.74, 6) is -0.172. The first-order valence-corrected chi connectivity index (χ1v) is 4.65. The summed E-state index contributed by atoms with van der Waals surface area (Å²) in [7, 11) is 0. The molecule has 0 aromatic carbocycles. The molecule has 1 rings (SSSR count). The van der Waals surface area contributed by atoms with Crippen molar-refractivity contribution in [2.45, 2.75) is 19.8 Å². The predicted molar refractivity (Wildman–Crippen MR) is 50.4 cm³/mol. The lowest BCUT2D eigenvalue weighted by atomic mass is 10.2. The van der Waals surface area contributed by atoms with Crippen LogP contribution in [0.1, 0.15) is 18.3 Å². The molecular formula is C8H9BrN2O2. The average molecular weight is 245 g/mol. The molecule has 0 atom stereocenters. The van der Waals surface area contributed by atoms with Crippen LogP contribution >= 0.6 is 15.9 Å². The predicted octanol–water partition coefficient (Wildman–Crippen LogP) is 1.43. The number of aliphatic carboxylic acids is 1. The van der Waals surface area contributed by atoms with E-state index in [-0.39, 0.29) is 6.42 Å². The Hall–Kier alpha value is -0.970. The number of carboxylic acid groups (broad SMARTS) is 1. The molecular weight excluding hydrogens is 236 g/mol. The molecule has 1 heterocycles. The second-order valence-corrected chi connectivity index (χ2v) is 3.28. The molecule has 0 aliphatic carbocycles. The number of halogens is 1. The third-order valence-electron chi connectivity index (χ3n) is 1.52. The van der Waals surface area contributed by atoms with Crippen molar-refractivity contribution in [2.24, 2.45) is 0 Å². The lowest BCUT2D eigenvalue weighted by Crippen LogP contribution is -2.04. The van der Waals surface area contributed by atoms with Gasteiger partial charge in [0.05, 0.1) is 6.42 Å². The van der Waals surface area contributed by atoms with Gasteiger partial charge in [0, 0.05) is 18.2 Å². The van der Waals surface area contributed by atoms with Gasteiger partial charge in [0.2, 0.25) is 0 Å². The molecule has 70 valence electrons.